The minimum absolute atomic E-state index is 0.541. The van der Waals surface area contributed by atoms with Crippen LogP contribution in [0.3, 0.4) is 0 Å². The van der Waals surface area contributed by atoms with E-state index in [4.69, 9.17) is 11.6 Å². The van der Waals surface area contributed by atoms with E-state index in [1.165, 1.54) is 24.0 Å². The van der Waals surface area contributed by atoms with Crippen molar-refractivity contribution in [3.63, 3.8) is 0 Å². The average molecular weight is 322 g/mol. The van der Waals surface area contributed by atoms with Crippen molar-refractivity contribution >= 4 is 22.9 Å². The minimum Gasteiger partial charge on any atom is -0.314 e. The summed E-state index contributed by atoms with van der Waals surface area (Å²) in [7, 11) is 0. The molecule has 114 valence electrons. The summed E-state index contributed by atoms with van der Waals surface area (Å²) in [4.78, 5) is 0. The Labute approximate surface area is 137 Å². The van der Waals surface area contributed by atoms with E-state index in [-0.39, 0.29) is 0 Å². The van der Waals surface area contributed by atoms with E-state index in [0.29, 0.717) is 12.0 Å². The molecule has 0 saturated carbocycles. The lowest BCUT2D eigenvalue weighted by Gasteiger charge is -2.19. The molecule has 0 aliphatic heterocycles. The molecule has 1 aromatic heterocycles. The molecule has 0 bridgehead atoms. The van der Waals surface area contributed by atoms with Gasteiger partial charge in [0.2, 0.25) is 0 Å². The fourth-order valence-electron chi connectivity index (χ4n) is 2.44. The van der Waals surface area contributed by atoms with Crippen LogP contribution in [0.2, 0.25) is 5.02 Å². The van der Waals surface area contributed by atoms with Gasteiger partial charge in [-0.25, -0.2) is 0 Å². The zero-order chi connectivity index (χ0) is 15.1. The van der Waals surface area contributed by atoms with Gasteiger partial charge in [0.05, 0.1) is 0 Å². The fraction of sp³-hybridized carbons (Fsp3) is 0.444. The van der Waals surface area contributed by atoms with Gasteiger partial charge in [-0.3, -0.25) is 0 Å². The lowest BCUT2D eigenvalue weighted by Crippen LogP contribution is -2.30. The zero-order valence-corrected chi connectivity index (χ0v) is 14.4. The predicted octanol–water partition coefficient (Wildman–Crippen LogP) is 5.19. The third-order valence-corrected chi connectivity index (χ3v) is 4.66. The van der Waals surface area contributed by atoms with Crippen LogP contribution >= 0.6 is 22.9 Å². The quantitative estimate of drug-likeness (QED) is 0.705. The Morgan fingerprint density at radius 3 is 2.48 bits per heavy atom. The molecule has 3 heteroatoms. The Bertz CT molecular complexity index is 505. The molecule has 2 aromatic rings. The maximum atomic E-state index is 5.97. The summed E-state index contributed by atoms with van der Waals surface area (Å²) < 4.78 is 0. The van der Waals surface area contributed by atoms with Crippen LogP contribution in [0.1, 0.15) is 31.4 Å². The van der Waals surface area contributed by atoms with Crippen molar-refractivity contribution in [1.82, 2.24) is 5.32 Å². The van der Waals surface area contributed by atoms with Gasteiger partial charge >= 0.3 is 0 Å². The minimum atomic E-state index is 0.541. The first-order valence-corrected chi connectivity index (χ1v) is 8.94. The van der Waals surface area contributed by atoms with Gasteiger partial charge in [0.25, 0.3) is 0 Å². The molecule has 1 aromatic carbocycles. The van der Waals surface area contributed by atoms with Gasteiger partial charge < -0.3 is 5.32 Å². The molecule has 0 radical (unpaired) electrons. The molecule has 0 aliphatic carbocycles. The molecule has 1 atom stereocenters. The molecule has 1 N–H and O–H groups in total. The van der Waals surface area contributed by atoms with Gasteiger partial charge in [-0.1, -0.05) is 37.6 Å². The second-order valence-electron chi connectivity index (χ2n) is 5.93. The maximum Gasteiger partial charge on any atom is 0.0406 e. The van der Waals surface area contributed by atoms with Gasteiger partial charge in [-0.2, -0.15) is 11.3 Å². The summed E-state index contributed by atoms with van der Waals surface area (Å²) in [5, 5.41) is 8.82. The summed E-state index contributed by atoms with van der Waals surface area (Å²) in [6, 6.07) is 11.1. The Hall–Kier alpha value is -0.830. The summed E-state index contributed by atoms with van der Waals surface area (Å²) in [5.74, 6) is 0.661. The van der Waals surface area contributed by atoms with Crippen molar-refractivity contribution in [2.75, 3.05) is 6.54 Å². The molecule has 0 saturated heterocycles. The van der Waals surface area contributed by atoms with Crippen LogP contribution in [0.4, 0.5) is 0 Å². The van der Waals surface area contributed by atoms with Crippen LogP contribution in [0.15, 0.2) is 41.1 Å². The van der Waals surface area contributed by atoms with E-state index in [2.05, 4.69) is 48.1 Å². The summed E-state index contributed by atoms with van der Waals surface area (Å²) in [6.45, 7) is 5.49. The number of benzene rings is 1. The monoisotopic (exact) mass is 321 g/mol. The van der Waals surface area contributed by atoms with Crippen LogP contribution in [-0.4, -0.2) is 12.6 Å². The van der Waals surface area contributed by atoms with Gasteiger partial charge in [-0.05, 0) is 71.8 Å². The Balaban J connectivity index is 1.92. The Morgan fingerprint density at radius 1 is 1.10 bits per heavy atom. The average Bonchev–Trinajstić information content (AvgIpc) is 2.97. The lowest BCUT2D eigenvalue weighted by molar-refractivity contribution is 0.422. The summed E-state index contributed by atoms with van der Waals surface area (Å²) in [6.07, 6.45) is 3.50. The Kier molecular flexibility index (Phi) is 6.75. The molecule has 2 rings (SSSR count). The highest BCUT2D eigenvalue weighted by molar-refractivity contribution is 7.07. The summed E-state index contributed by atoms with van der Waals surface area (Å²) in [5.41, 5.74) is 2.84. The number of thiophene rings is 1. The highest BCUT2D eigenvalue weighted by Crippen LogP contribution is 2.18. The molecule has 0 amide bonds. The summed E-state index contributed by atoms with van der Waals surface area (Å²) >= 11 is 7.75. The third-order valence-electron chi connectivity index (χ3n) is 3.67. The van der Waals surface area contributed by atoms with E-state index in [1.807, 2.05) is 12.1 Å². The first kappa shape index (κ1) is 16.5. The number of halogens is 1. The molecule has 0 spiro atoms. The highest BCUT2D eigenvalue weighted by atomic mass is 35.5. The topological polar surface area (TPSA) is 12.0 Å². The fourth-order valence-corrected chi connectivity index (χ4v) is 3.27. The molecule has 0 aliphatic rings. The molecule has 0 fully saturated rings. The molecule has 1 heterocycles. The zero-order valence-electron chi connectivity index (χ0n) is 12.8. The van der Waals surface area contributed by atoms with Crippen molar-refractivity contribution in [2.24, 2.45) is 5.92 Å². The van der Waals surface area contributed by atoms with E-state index < -0.39 is 0 Å². The molecule has 1 unspecified atom stereocenters. The smallest absolute Gasteiger partial charge is 0.0406 e. The van der Waals surface area contributed by atoms with E-state index in [1.54, 1.807) is 11.3 Å². The lowest BCUT2D eigenvalue weighted by atomic mass is 9.93. The highest BCUT2D eigenvalue weighted by Gasteiger charge is 2.11. The number of nitrogens with one attached hydrogen (secondary N) is 1. The van der Waals surface area contributed by atoms with Crippen LogP contribution in [0, 0.1) is 5.92 Å². The van der Waals surface area contributed by atoms with Crippen LogP contribution < -0.4 is 5.32 Å². The van der Waals surface area contributed by atoms with Crippen LogP contribution in [-0.2, 0) is 12.8 Å². The number of hydrogen-bond acceptors (Lipinski definition) is 2. The van der Waals surface area contributed by atoms with Crippen molar-refractivity contribution in [3.8, 4) is 0 Å². The van der Waals surface area contributed by atoms with Gasteiger partial charge in [-0.15, -0.1) is 0 Å². The SMILES string of the molecule is CC(C)NCC(CCc1ccsc1)Cc1ccc(Cl)cc1. The van der Waals surface area contributed by atoms with Crippen molar-refractivity contribution in [2.45, 2.75) is 39.2 Å². The molecule has 21 heavy (non-hydrogen) atoms. The van der Waals surface area contributed by atoms with Crippen LogP contribution in [0.25, 0.3) is 0 Å². The first-order chi connectivity index (χ1) is 10.1. The first-order valence-electron chi connectivity index (χ1n) is 7.62. The van der Waals surface area contributed by atoms with Gasteiger partial charge in [0.1, 0.15) is 0 Å². The van der Waals surface area contributed by atoms with Crippen LogP contribution in [0.5, 0.6) is 0 Å². The molecule has 1 nitrogen and oxygen atoms in total. The number of aryl methyl sites for hydroxylation is 1. The number of hydrogen-bond donors (Lipinski definition) is 1. The van der Waals surface area contributed by atoms with Gasteiger partial charge in [0, 0.05) is 11.1 Å². The maximum absolute atomic E-state index is 5.97. The van der Waals surface area contributed by atoms with E-state index >= 15 is 0 Å². The standard InChI is InChI=1S/C18H24ClNS/c1-14(2)20-12-17(4-3-16-9-10-21-13-16)11-15-5-7-18(19)8-6-15/h5-10,13-14,17,20H,3-4,11-12H2,1-2H3. The second-order valence-corrected chi connectivity index (χ2v) is 7.15. The van der Waals surface area contributed by atoms with E-state index in [9.17, 15) is 0 Å². The van der Waals surface area contributed by atoms with E-state index in [0.717, 1.165) is 18.0 Å². The Morgan fingerprint density at radius 2 is 1.86 bits per heavy atom. The second kappa shape index (κ2) is 8.57. The molecular weight excluding hydrogens is 298 g/mol. The predicted molar refractivity (Wildman–Crippen MR) is 94.4 cm³/mol. The third kappa shape index (κ3) is 6.21. The normalized spacial score (nSPS) is 12.8. The van der Waals surface area contributed by atoms with Crippen molar-refractivity contribution in [1.29, 1.82) is 0 Å². The number of rotatable bonds is 8. The van der Waals surface area contributed by atoms with Crippen molar-refractivity contribution in [3.05, 3.63) is 57.2 Å². The molecular formula is C18H24ClNS. The van der Waals surface area contributed by atoms with Crippen molar-refractivity contribution < 1.29 is 0 Å². The van der Waals surface area contributed by atoms with Gasteiger partial charge in [0.15, 0.2) is 0 Å². The largest absolute Gasteiger partial charge is 0.314 e.